The van der Waals surface area contributed by atoms with E-state index in [-0.39, 0.29) is 5.91 Å². The third kappa shape index (κ3) is 2.12. The molecule has 1 aromatic carbocycles. The van der Waals surface area contributed by atoms with E-state index in [4.69, 9.17) is 9.47 Å². The second-order valence-corrected chi connectivity index (χ2v) is 4.70. The number of hydrogen-bond donors (Lipinski definition) is 2. The molecular formula is C14H16N2O3. The fourth-order valence-electron chi connectivity index (χ4n) is 2.13. The zero-order valence-corrected chi connectivity index (χ0v) is 10.9. The number of aromatic nitrogens is 1. The number of carbonyl (C=O) groups excluding carboxylic acids is 1. The van der Waals surface area contributed by atoms with Gasteiger partial charge in [0.2, 0.25) is 0 Å². The largest absolute Gasteiger partial charge is 0.493 e. The van der Waals surface area contributed by atoms with Gasteiger partial charge in [0.25, 0.3) is 5.91 Å². The van der Waals surface area contributed by atoms with Crippen LogP contribution in [0.4, 0.5) is 0 Å². The van der Waals surface area contributed by atoms with Crippen LogP contribution in [0, 0.1) is 0 Å². The molecule has 1 aromatic heterocycles. The second-order valence-electron chi connectivity index (χ2n) is 4.70. The third-order valence-electron chi connectivity index (χ3n) is 3.34. The summed E-state index contributed by atoms with van der Waals surface area (Å²) >= 11 is 0. The van der Waals surface area contributed by atoms with E-state index in [9.17, 15) is 4.79 Å². The number of amides is 1. The molecule has 3 rings (SSSR count). The molecule has 0 spiro atoms. The average molecular weight is 260 g/mol. The maximum absolute atomic E-state index is 12.1. The minimum atomic E-state index is -0.0408. The van der Waals surface area contributed by atoms with Crippen LogP contribution in [0.3, 0.4) is 0 Å². The van der Waals surface area contributed by atoms with Crippen molar-refractivity contribution in [2.45, 2.75) is 18.9 Å². The molecule has 0 unspecified atom stereocenters. The van der Waals surface area contributed by atoms with Crippen molar-refractivity contribution in [2.24, 2.45) is 0 Å². The Kier molecular flexibility index (Phi) is 2.81. The van der Waals surface area contributed by atoms with Crippen LogP contribution in [-0.2, 0) is 0 Å². The van der Waals surface area contributed by atoms with E-state index in [0.29, 0.717) is 23.1 Å². The topological polar surface area (TPSA) is 63.4 Å². The standard InChI is InChI=1S/C14H16N2O3/c1-18-12-5-9-10(14(17)16-8-3-4-8)7-15-11(9)6-13(12)19-2/h5-8,15H,3-4H2,1-2H3,(H,16,17). The van der Waals surface area contributed by atoms with Crippen molar-refractivity contribution < 1.29 is 14.3 Å². The van der Waals surface area contributed by atoms with Gasteiger partial charge in [0.15, 0.2) is 11.5 Å². The first-order valence-electron chi connectivity index (χ1n) is 6.27. The zero-order valence-electron chi connectivity index (χ0n) is 10.9. The average Bonchev–Trinajstić information content (AvgIpc) is 3.14. The molecule has 0 aliphatic heterocycles. The molecule has 1 amide bonds. The number of aromatic amines is 1. The quantitative estimate of drug-likeness (QED) is 0.884. The van der Waals surface area contributed by atoms with E-state index < -0.39 is 0 Å². The number of hydrogen-bond acceptors (Lipinski definition) is 3. The minimum Gasteiger partial charge on any atom is -0.493 e. The Morgan fingerprint density at radius 1 is 1.26 bits per heavy atom. The Bertz CT molecular complexity index is 629. The maximum atomic E-state index is 12.1. The van der Waals surface area contributed by atoms with Gasteiger partial charge in [-0.1, -0.05) is 0 Å². The van der Waals surface area contributed by atoms with Crippen LogP contribution < -0.4 is 14.8 Å². The summed E-state index contributed by atoms with van der Waals surface area (Å²) in [5, 5.41) is 3.83. The highest BCUT2D eigenvalue weighted by Crippen LogP contribution is 2.33. The first kappa shape index (κ1) is 11.9. The molecule has 100 valence electrons. The Balaban J connectivity index is 2.03. The number of H-pyrrole nitrogens is 1. The van der Waals surface area contributed by atoms with Gasteiger partial charge in [-0.3, -0.25) is 4.79 Å². The highest BCUT2D eigenvalue weighted by molar-refractivity contribution is 6.07. The second kappa shape index (κ2) is 4.50. The normalized spacial score (nSPS) is 14.4. The summed E-state index contributed by atoms with van der Waals surface area (Å²) in [6.45, 7) is 0. The monoisotopic (exact) mass is 260 g/mol. The van der Waals surface area contributed by atoms with Gasteiger partial charge in [-0.15, -0.1) is 0 Å². The van der Waals surface area contributed by atoms with Gasteiger partial charge in [0.1, 0.15) is 0 Å². The Morgan fingerprint density at radius 2 is 1.95 bits per heavy atom. The number of nitrogens with one attached hydrogen (secondary N) is 2. The van der Waals surface area contributed by atoms with E-state index in [1.54, 1.807) is 20.4 Å². The van der Waals surface area contributed by atoms with Gasteiger partial charge in [-0.25, -0.2) is 0 Å². The molecule has 1 fully saturated rings. The predicted octanol–water partition coefficient (Wildman–Crippen LogP) is 2.08. The van der Waals surface area contributed by atoms with Crippen molar-refractivity contribution in [3.63, 3.8) is 0 Å². The van der Waals surface area contributed by atoms with Crippen molar-refractivity contribution in [3.05, 3.63) is 23.9 Å². The summed E-state index contributed by atoms with van der Waals surface area (Å²) < 4.78 is 10.5. The Labute approximate surface area is 110 Å². The van der Waals surface area contributed by atoms with Gasteiger partial charge in [0.05, 0.1) is 25.3 Å². The van der Waals surface area contributed by atoms with Gasteiger partial charge >= 0.3 is 0 Å². The molecule has 2 aromatic rings. The molecule has 1 saturated carbocycles. The van der Waals surface area contributed by atoms with Gasteiger partial charge in [0, 0.05) is 23.7 Å². The molecule has 1 aliphatic rings. The molecule has 5 nitrogen and oxygen atoms in total. The molecule has 0 bridgehead atoms. The third-order valence-corrected chi connectivity index (χ3v) is 3.34. The van der Waals surface area contributed by atoms with Crippen LogP contribution in [0.2, 0.25) is 0 Å². The molecule has 1 aliphatic carbocycles. The molecule has 1 heterocycles. The van der Waals surface area contributed by atoms with Gasteiger partial charge in [-0.05, 0) is 18.9 Å². The summed E-state index contributed by atoms with van der Waals surface area (Å²) in [6.07, 6.45) is 3.87. The molecule has 0 radical (unpaired) electrons. The molecule has 2 N–H and O–H groups in total. The summed E-state index contributed by atoms with van der Waals surface area (Å²) in [6, 6.07) is 4.01. The van der Waals surface area contributed by atoms with Crippen molar-refractivity contribution in [1.82, 2.24) is 10.3 Å². The Morgan fingerprint density at radius 3 is 2.58 bits per heavy atom. The van der Waals surface area contributed by atoms with Crippen LogP contribution in [-0.4, -0.2) is 31.2 Å². The SMILES string of the molecule is COc1cc2[nH]cc(C(=O)NC3CC3)c2cc1OC. The van der Waals surface area contributed by atoms with Crippen molar-refractivity contribution in [1.29, 1.82) is 0 Å². The fourth-order valence-corrected chi connectivity index (χ4v) is 2.13. The lowest BCUT2D eigenvalue weighted by atomic mass is 10.1. The van der Waals surface area contributed by atoms with E-state index in [1.807, 2.05) is 12.1 Å². The maximum Gasteiger partial charge on any atom is 0.253 e. The summed E-state index contributed by atoms with van der Waals surface area (Å²) in [5.74, 6) is 1.22. The predicted molar refractivity (Wildman–Crippen MR) is 71.9 cm³/mol. The lowest BCUT2D eigenvalue weighted by molar-refractivity contribution is 0.0953. The highest BCUT2D eigenvalue weighted by Gasteiger charge is 2.25. The van der Waals surface area contributed by atoms with Gasteiger partial charge in [-0.2, -0.15) is 0 Å². The van der Waals surface area contributed by atoms with E-state index in [1.165, 1.54) is 0 Å². The van der Waals surface area contributed by atoms with Crippen LogP contribution in [0.15, 0.2) is 18.3 Å². The first-order valence-corrected chi connectivity index (χ1v) is 6.27. The van der Waals surface area contributed by atoms with Crippen LogP contribution in [0.5, 0.6) is 11.5 Å². The summed E-state index contributed by atoms with van der Waals surface area (Å²) in [5.41, 5.74) is 1.50. The smallest absolute Gasteiger partial charge is 0.253 e. The lowest BCUT2D eigenvalue weighted by Crippen LogP contribution is -2.25. The summed E-state index contributed by atoms with van der Waals surface area (Å²) in [7, 11) is 3.17. The van der Waals surface area contributed by atoms with E-state index in [2.05, 4.69) is 10.3 Å². The minimum absolute atomic E-state index is 0.0408. The fraction of sp³-hybridized carbons (Fsp3) is 0.357. The van der Waals surface area contributed by atoms with Crippen molar-refractivity contribution in [3.8, 4) is 11.5 Å². The summed E-state index contributed by atoms with van der Waals surface area (Å²) in [4.78, 5) is 15.2. The van der Waals surface area contributed by atoms with E-state index >= 15 is 0 Å². The molecule has 0 atom stereocenters. The molecular weight excluding hydrogens is 244 g/mol. The van der Waals surface area contributed by atoms with Crippen LogP contribution in [0.25, 0.3) is 10.9 Å². The van der Waals surface area contributed by atoms with Crippen LogP contribution in [0.1, 0.15) is 23.2 Å². The van der Waals surface area contributed by atoms with Crippen molar-refractivity contribution >= 4 is 16.8 Å². The van der Waals surface area contributed by atoms with E-state index in [0.717, 1.165) is 23.7 Å². The number of fused-ring (bicyclic) bond motifs is 1. The highest BCUT2D eigenvalue weighted by atomic mass is 16.5. The lowest BCUT2D eigenvalue weighted by Gasteiger charge is -2.08. The number of benzene rings is 1. The number of ether oxygens (including phenoxy) is 2. The number of methoxy groups -OCH3 is 2. The zero-order chi connectivity index (χ0) is 13.4. The number of carbonyl (C=O) groups is 1. The van der Waals surface area contributed by atoms with Gasteiger partial charge < -0.3 is 19.8 Å². The molecule has 19 heavy (non-hydrogen) atoms. The number of rotatable bonds is 4. The molecule has 0 saturated heterocycles. The Hall–Kier alpha value is -2.17. The van der Waals surface area contributed by atoms with Crippen molar-refractivity contribution in [2.75, 3.05) is 14.2 Å². The molecule has 5 heteroatoms. The van der Waals surface area contributed by atoms with Crippen LogP contribution >= 0.6 is 0 Å². The first-order chi connectivity index (χ1) is 9.22.